The maximum Gasteiger partial charge on any atom is 0.204 e. The zero-order valence-electron chi connectivity index (χ0n) is 17.7. The first-order valence-corrected chi connectivity index (χ1v) is 10.7. The second-order valence-corrected chi connectivity index (χ2v) is 7.61. The van der Waals surface area contributed by atoms with Gasteiger partial charge in [0.2, 0.25) is 11.6 Å². The van der Waals surface area contributed by atoms with Crippen LogP contribution in [0.5, 0.6) is 11.5 Å². The van der Waals surface area contributed by atoms with Gasteiger partial charge in [0.25, 0.3) is 0 Å². The van der Waals surface area contributed by atoms with Gasteiger partial charge in [0, 0.05) is 5.92 Å². The Labute approximate surface area is 177 Å². The Morgan fingerprint density at radius 1 is 1.00 bits per heavy atom. The van der Waals surface area contributed by atoms with Crippen molar-refractivity contribution in [3.05, 3.63) is 71.3 Å². The van der Waals surface area contributed by atoms with Crippen LogP contribution in [-0.2, 0) is 11.3 Å². The summed E-state index contributed by atoms with van der Waals surface area (Å²) < 4.78 is 45.2. The summed E-state index contributed by atoms with van der Waals surface area (Å²) in [6, 6.07) is 10.7. The zero-order chi connectivity index (χ0) is 21.3. The molecular formula is C25H30F2O3. The predicted molar refractivity (Wildman–Crippen MR) is 114 cm³/mol. The highest BCUT2D eigenvalue weighted by Crippen LogP contribution is 2.32. The summed E-state index contributed by atoms with van der Waals surface area (Å²) in [6.07, 6.45) is 8.19. The van der Waals surface area contributed by atoms with Gasteiger partial charge in [0.15, 0.2) is 11.5 Å². The van der Waals surface area contributed by atoms with Gasteiger partial charge >= 0.3 is 0 Å². The van der Waals surface area contributed by atoms with Crippen molar-refractivity contribution in [3.63, 3.8) is 0 Å². The first-order chi connectivity index (χ1) is 14.6. The lowest BCUT2D eigenvalue weighted by Crippen LogP contribution is -2.19. The average molecular weight is 417 g/mol. The summed E-state index contributed by atoms with van der Waals surface area (Å²) in [5.41, 5.74) is 2.01. The molecule has 162 valence electrons. The predicted octanol–water partition coefficient (Wildman–Crippen LogP) is 6.77. The highest BCUT2D eigenvalue weighted by molar-refractivity contribution is 5.35. The van der Waals surface area contributed by atoms with E-state index in [1.807, 2.05) is 38.1 Å². The molecule has 0 spiro atoms. The quantitative estimate of drug-likeness (QED) is 0.334. The number of allylic oxidation sites excluding steroid dienone is 1. The molecule has 2 unspecified atom stereocenters. The van der Waals surface area contributed by atoms with Gasteiger partial charge in [-0.1, -0.05) is 49.8 Å². The van der Waals surface area contributed by atoms with Crippen LogP contribution in [-0.4, -0.2) is 13.2 Å². The summed E-state index contributed by atoms with van der Waals surface area (Å²) in [5, 5.41) is 0. The lowest BCUT2D eigenvalue weighted by Gasteiger charge is -2.27. The summed E-state index contributed by atoms with van der Waals surface area (Å²) in [4.78, 5) is 0. The van der Waals surface area contributed by atoms with Gasteiger partial charge in [0.1, 0.15) is 6.61 Å². The van der Waals surface area contributed by atoms with E-state index in [1.54, 1.807) is 0 Å². The molecule has 0 radical (unpaired) electrons. The Kier molecular flexibility index (Phi) is 8.26. The monoisotopic (exact) mass is 416 g/mol. The number of ether oxygens (including phenoxy) is 3. The minimum absolute atomic E-state index is 0.0817. The van der Waals surface area contributed by atoms with E-state index in [2.05, 4.69) is 12.2 Å². The van der Waals surface area contributed by atoms with Gasteiger partial charge in [-0.15, -0.1) is 0 Å². The molecule has 2 aromatic carbocycles. The first-order valence-electron chi connectivity index (χ1n) is 10.7. The van der Waals surface area contributed by atoms with Crippen LogP contribution in [0.25, 0.3) is 0 Å². The maximum atomic E-state index is 14.3. The Morgan fingerprint density at radius 3 is 2.30 bits per heavy atom. The van der Waals surface area contributed by atoms with E-state index < -0.39 is 11.6 Å². The van der Waals surface area contributed by atoms with Crippen LogP contribution in [0, 0.1) is 17.6 Å². The molecular weight excluding hydrogens is 386 g/mol. The highest BCUT2D eigenvalue weighted by Gasteiger charge is 2.21. The molecule has 30 heavy (non-hydrogen) atoms. The van der Waals surface area contributed by atoms with Crippen LogP contribution < -0.4 is 9.47 Å². The molecule has 3 nitrogen and oxygen atoms in total. The smallest absolute Gasteiger partial charge is 0.204 e. The van der Waals surface area contributed by atoms with E-state index in [0.717, 1.165) is 43.4 Å². The molecule has 0 N–H and O–H groups in total. The molecule has 1 aliphatic rings. The molecule has 2 atom stereocenters. The largest absolute Gasteiger partial charge is 0.490 e. The third-order valence-electron chi connectivity index (χ3n) is 5.29. The van der Waals surface area contributed by atoms with Gasteiger partial charge in [0.05, 0.1) is 19.3 Å². The minimum Gasteiger partial charge on any atom is -0.490 e. The van der Waals surface area contributed by atoms with Crippen LogP contribution in [0.15, 0.2) is 48.6 Å². The summed E-state index contributed by atoms with van der Waals surface area (Å²) in [5.74, 6) is -1.74. The van der Waals surface area contributed by atoms with Crippen molar-refractivity contribution in [2.24, 2.45) is 5.92 Å². The maximum absolute atomic E-state index is 14.3. The molecule has 0 aromatic heterocycles. The van der Waals surface area contributed by atoms with E-state index in [-0.39, 0.29) is 24.2 Å². The van der Waals surface area contributed by atoms with Gasteiger partial charge in [-0.3, -0.25) is 0 Å². The number of benzene rings is 2. The van der Waals surface area contributed by atoms with E-state index in [0.29, 0.717) is 12.5 Å². The molecule has 1 aliphatic heterocycles. The summed E-state index contributed by atoms with van der Waals surface area (Å²) in [6.45, 7) is 5.29. The fourth-order valence-electron chi connectivity index (χ4n) is 3.51. The molecule has 1 fully saturated rings. The molecule has 1 heterocycles. The lowest BCUT2D eigenvalue weighted by molar-refractivity contribution is -0.00526. The molecule has 0 bridgehead atoms. The number of unbranched alkanes of at least 4 members (excludes halogenated alkanes) is 1. The van der Waals surface area contributed by atoms with Crippen LogP contribution in [0.3, 0.4) is 0 Å². The molecule has 0 saturated carbocycles. The Bertz CT molecular complexity index is 825. The van der Waals surface area contributed by atoms with Gasteiger partial charge in [-0.05, 0) is 49.4 Å². The van der Waals surface area contributed by atoms with Gasteiger partial charge < -0.3 is 14.2 Å². The summed E-state index contributed by atoms with van der Waals surface area (Å²) >= 11 is 0. The zero-order valence-corrected chi connectivity index (χ0v) is 17.7. The number of halogens is 2. The van der Waals surface area contributed by atoms with Crippen molar-refractivity contribution in [3.8, 4) is 11.5 Å². The van der Waals surface area contributed by atoms with Crippen LogP contribution >= 0.6 is 0 Å². The average Bonchev–Trinajstić information content (AvgIpc) is 2.77. The molecule has 5 heteroatoms. The number of hydrogen-bond donors (Lipinski definition) is 0. The second kappa shape index (κ2) is 11.1. The van der Waals surface area contributed by atoms with Crippen molar-refractivity contribution in [1.82, 2.24) is 0 Å². The molecule has 0 aliphatic carbocycles. The second-order valence-electron chi connectivity index (χ2n) is 7.61. The van der Waals surface area contributed by atoms with E-state index in [1.165, 1.54) is 12.1 Å². The Balaban J connectivity index is 1.54. The van der Waals surface area contributed by atoms with Crippen LogP contribution in [0.4, 0.5) is 8.78 Å². The van der Waals surface area contributed by atoms with E-state index in [9.17, 15) is 8.78 Å². The van der Waals surface area contributed by atoms with E-state index in [4.69, 9.17) is 14.2 Å². The van der Waals surface area contributed by atoms with Crippen molar-refractivity contribution in [2.45, 2.75) is 52.2 Å². The fraction of sp³-hybridized carbons (Fsp3) is 0.440. The normalized spacial score (nSPS) is 19.2. The standard InChI is InChI=1S/C25H30F2O3/c1-3-5-15-28-22-13-14-23(25(27)24(22)26)30-17-19-7-10-20(11-8-19)21-12-9-18(6-4-2)16-29-21/h4,6-8,10-11,13-14,18,21H,3,5,9,12,15-17H2,1-2H3/b6-4+. The number of rotatable bonds is 9. The van der Waals surface area contributed by atoms with Crippen molar-refractivity contribution in [1.29, 1.82) is 0 Å². The van der Waals surface area contributed by atoms with Crippen molar-refractivity contribution < 1.29 is 23.0 Å². The van der Waals surface area contributed by atoms with Crippen LogP contribution in [0.2, 0.25) is 0 Å². The van der Waals surface area contributed by atoms with Gasteiger partial charge in [-0.2, -0.15) is 8.78 Å². The SMILES string of the molecule is C/C=C/C1CCC(c2ccc(COc3ccc(OCCCC)c(F)c3F)cc2)OC1. The Hall–Kier alpha value is -2.40. The highest BCUT2D eigenvalue weighted by atomic mass is 19.2. The van der Waals surface area contributed by atoms with Crippen LogP contribution in [0.1, 0.15) is 56.8 Å². The third kappa shape index (κ3) is 5.82. The molecule has 0 amide bonds. The minimum atomic E-state index is -1.02. The van der Waals surface area contributed by atoms with Crippen molar-refractivity contribution >= 4 is 0 Å². The van der Waals surface area contributed by atoms with Gasteiger partial charge in [-0.25, -0.2) is 0 Å². The van der Waals surface area contributed by atoms with Crippen molar-refractivity contribution in [2.75, 3.05) is 13.2 Å². The summed E-state index contributed by atoms with van der Waals surface area (Å²) in [7, 11) is 0. The van der Waals surface area contributed by atoms with E-state index >= 15 is 0 Å². The number of hydrogen-bond acceptors (Lipinski definition) is 3. The molecule has 2 aromatic rings. The Morgan fingerprint density at radius 2 is 1.70 bits per heavy atom. The molecule has 1 saturated heterocycles. The lowest BCUT2D eigenvalue weighted by atomic mass is 9.94. The third-order valence-corrected chi connectivity index (χ3v) is 5.29. The topological polar surface area (TPSA) is 27.7 Å². The first kappa shape index (κ1) is 22.3. The fourth-order valence-corrected chi connectivity index (χ4v) is 3.51. The molecule has 3 rings (SSSR count).